The normalized spacial score (nSPS) is 10.6. The Kier molecular flexibility index (Phi) is 5.62. The number of hydrogen-bond donors (Lipinski definition) is 1. The van der Waals surface area contributed by atoms with Crippen molar-refractivity contribution in [1.29, 1.82) is 0 Å². The Morgan fingerprint density at radius 3 is 2.68 bits per heavy atom. The van der Waals surface area contributed by atoms with E-state index in [9.17, 15) is 13.6 Å². The molecular formula is C12H16F2N2O3. The third-order valence-corrected chi connectivity index (χ3v) is 2.54. The van der Waals surface area contributed by atoms with Crippen LogP contribution in [0.4, 0.5) is 8.78 Å². The average molecular weight is 274 g/mol. The first-order valence-electron chi connectivity index (χ1n) is 5.73. The fourth-order valence-electron chi connectivity index (χ4n) is 1.73. The van der Waals surface area contributed by atoms with Gasteiger partial charge in [-0.25, -0.2) is 13.8 Å². The molecule has 0 aliphatic rings. The van der Waals surface area contributed by atoms with Crippen molar-refractivity contribution >= 4 is 5.97 Å². The number of halogens is 2. The van der Waals surface area contributed by atoms with E-state index in [0.717, 1.165) is 0 Å². The summed E-state index contributed by atoms with van der Waals surface area (Å²) in [4.78, 5) is 15.2. The molecule has 106 valence electrons. The lowest BCUT2D eigenvalue weighted by Crippen LogP contribution is -2.14. The lowest BCUT2D eigenvalue weighted by molar-refractivity contribution is -0.142. The number of methoxy groups -OCH3 is 1. The van der Waals surface area contributed by atoms with Crippen molar-refractivity contribution in [1.82, 2.24) is 4.98 Å². The molecule has 0 radical (unpaired) electrons. The first-order valence-corrected chi connectivity index (χ1v) is 5.73. The summed E-state index contributed by atoms with van der Waals surface area (Å²) in [6, 6.07) is 0. The summed E-state index contributed by atoms with van der Waals surface area (Å²) in [6.45, 7) is 1.76. The van der Waals surface area contributed by atoms with Crippen molar-refractivity contribution in [3.8, 4) is 5.88 Å². The van der Waals surface area contributed by atoms with E-state index < -0.39 is 12.4 Å². The highest BCUT2D eigenvalue weighted by molar-refractivity contribution is 5.73. The summed E-state index contributed by atoms with van der Waals surface area (Å²) in [7, 11) is 1.25. The molecule has 2 N–H and O–H groups in total. The molecule has 0 atom stereocenters. The van der Waals surface area contributed by atoms with Gasteiger partial charge in [-0.2, -0.15) is 0 Å². The standard InChI is InChI=1S/C12H16F2N2O3/c1-3-19-9(17)4-7-6-16-12(18-2)10(11(13)14)8(7)5-15/h6,11H,3-5,15H2,1-2H3. The smallest absolute Gasteiger partial charge is 0.310 e. The Morgan fingerprint density at radius 1 is 1.53 bits per heavy atom. The lowest BCUT2D eigenvalue weighted by Gasteiger charge is -2.15. The number of rotatable bonds is 6. The maximum atomic E-state index is 13.0. The molecule has 0 aliphatic carbocycles. The molecule has 0 aliphatic heterocycles. The zero-order valence-electron chi connectivity index (χ0n) is 10.8. The molecule has 1 aromatic heterocycles. The number of pyridine rings is 1. The van der Waals surface area contributed by atoms with Crippen molar-refractivity contribution < 1.29 is 23.0 Å². The maximum absolute atomic E-state index is 13.0. The van der Waals surface area contributed by atoms with Crippen LogP contribution in [-0.2, 0) is 22.5 Å². The van der Waals surface area contributed by atoms with Gasteiger partial charge in [0.1, 0.15) is 0 Å². The second-order valence-corrected chi connectivity index (χ2v) is 3.67. The highest BCUT2D eigenvalue weighted by atomic mass is 19.3. The van der Waals surface area contributed by atoms with Gasteiger partial charge < -0.3 is 15.2 Å². The summed E-state index contributed by atoms with van der Waals surface area (Å²) in [5.74, 6) is -0.688. The molecule has 0 fully saturated rings. The molecule has 0 saturated carbocycles. The molecule has 0 unspecified atom stereocenters. The van der Waals surface area contributed by atoms with Crippen molar-refractivity contribution in [2.24, 2.45) is 5.73 Å². The van der Waals surface area contributed by atoms with Crippen LogP contribution < -0.4 is 10.5 Å². The van der Waals surface area contributed by atoms with Gasteiger partial charge in [-0.05, 0) is 18.1 Å². The molecule has 0 bridgehead atoms. The second kappa shape index (κ2) is 6.98. The molecule has 0 spiro atoms. The fraction of sp³-hybridized carbons (Fsp3) is 0.500. The number of carbonyl (C=O) groups is 1. The first kappa shape index (κ1) is 15.3. The first-order chi connectivity index (χ1) is 9.04. The SMILES string of the molecule is CCOC(=O)Cc1cnc(OC)c(C(F)F)c1CN. The molecule has 1 rings (SSSR count). The quantitative estimate of drug-likeness (QED) is 0.797. The van der Waals surface area contributed by atoms with Crippen molar-refractivity contribution in [2.75, 3.05) is 13.7 Å². The van der Waals surface area contributed by atoms with E-state index in [1.165, 1.54) is 13.3 Å². The average Bonchev–Trinajstić information content (AvgIpc) is 2.38. The number of alkyl halides is 2. The summed E-state index contributed by atoms with van der Waals surface area (Å²) in [5, 5.41) is 0. The predicted molar refractivity (Wildman–Crippen MR) is 64.0 cm³/mol. The lowest BCUT2D eigenvalue weighted by atomic mass is 10.0. The number of nitrogens with two attached hydrogens (primary N) is 1. The molecule has 0 aromatic carbocycles. The van der Waals surface area contributed by atoms with Crippen LogP contribution in [0.2, 0.25) is 0 Å². The number of aromatic nitrogens is 1. The van der Waals surface area contributed by atoms with Crippen LogP contribution in [0.5, 0.6) is 5.88 Å². The fourth-order valence-corrected chi connectivity index (χ4v) is 1.73. The Hall–Kier alpha value is -1.76. The number of esters is 1. The zero-order valence-corrected chi connectivity index (χ0v) is 10.8. The Labute approximate surface area is 109 Å². The van der Waals surface area contributed by atoms with Crippen molar-refractivity contribution in [2.45, 2.75) is 26.3 Å². The van der Waals surface area contributed by atoms with Crippen LogP contribution >= 0.6 is 0 Å². The number of ether oxygens (including phenoxy) is 2. The van der Waals surface area contributed by atoms with Crippen LogP contribution in [0.25, 0.3) is 0 Å². The topological polar surface area (TPSA) is 74.4 Å². The highest BCUT2D eigenvalue weighted by Gasteiger charge is 2.23. The van der Waals surface area contributed by atoms with Gasteiger partial charge in [0.25, 0.3) is 6.43 Å². The molecular weight excluding hydrogens is 258 g/mol. The van der Waals surface area contributed by atoms with Crippen LogP contribution in [0.15, 0.2) is 6.20 Å². The number of carbonyl (C=O) groups excluding carboxylic acids is 1. The molecule has 7 heteroatoms. The van der Waals surface area contributed by atoms with E-state index in [1.54, 1.807) is 6.92 Å². The van der Waals surface area contributed by atoms with Gasteiger partial charge >= 0.3 is 5.97 Å². The summed E-state index contributed by atoms with van der Waals surface area (Å²) < 4.78 is 35.6. The molecule has 1 aromatic rings. The van der Waals surface area contributed by atoms with E-state index in [2.05, 4.69) is 4.98 Å². The summed E-state index contributed by atoms with van der Waals surface area (Å²) in [6.07, 6.45) is -1.61. The zero-order chi connectivity index (χ0) is 14.4. The molecule has 5 nitrogen and oxygen atoms in total. The monoisotopic (exact) mass is 274 g/mol. The van der Waals surface area contributed by atoms with Crippen LogP contribution in [0.1, 0.15) is 30.0 Å². The highest BCUT2D eigenvalue weighted by Crippen LogP contribution is 2.32. The molecule has 0 saturated heterocycles. The summed E-state index contributed by atoms with van der Waals surface area (Å²) >= 11 is 0. The Balaban J connectivity index is 3.19. The van der Waals surface area contributed by atoms with Gasteiger partial charge in [0, 0.05) is 12.7 Å². The minimum Gasteiger partial charge on any atom is -0.481 e. The van der Waals surface area contributed by atoms with Gasteiger partial charge in [-0.1, -0.05) is 0 Å². The third-order valence-electron chi connectivity index (χ3n) is 2.54. The summed E-state index contributed by atoms with van der Waals surface area (Å²) in [5.41, 5.74) is 5.63. The third kappa shape index (κ3) is 3.60. The van der Waals surface area contributed by atoms with Gasteiger partial charge in [0.15, 0.2) is 0 Å². The van der Waals surface area contributed by atoms with Crippen LogP contribution in [0.3, 0.4) is 0 Å². The maximum Gasteiger partial charge on any atom is 0.310 e. The minimum atomic E-state index is -2.77. The number of nitrogens with zero attached hydrogens (tertiary/aromatic N) is 1. The minimum absolute atomic E-state index is 0.132. The van der Waals surface area contributed by atoms with Crippen LogP contribution in [-0.4, -0.2) is 24.7 Å². The van der Waals surface area contributed by atoms with E-state index in [1.807, 2.05) is 0 Å². The van der Waals surface area contributed by atoms with Crippen molar-refractivity contribution in [3.63, 3.8) is 0 Å². The number of hydrogen-bond acceptors (Lipinski definition) is 5. The van der Waals surface area contributed by atoms with Gasteiger partial charge in [0.2, 0.25) is 5.88 Å². The van der Waals surface area contributed by atoms with Gasteiger partial charge in [0.05, 0.1) is 25.7 Å². The van der Waals surface area contributed by atoms with Gasteiger partial charge in [-0.15, -0.1) is 0 Å². The van der Waals surface area contributed by atoms with Crippen molar-refractivity contribution in [3.05, 3.63) is 22.9 Å². The van der Waals surface area contributed by atoms with E-state index >= 15 is 0 Å². The van der Waals surface area contributed by atoms with E-state index in [0.29, 0.717) is 5.56 Å². The largest absolute Gasteiger partial charge is 0.481 e. The molecule has 1 heterocycles. The Bertz CT molecular complexity index is 453. The molecule has 0 amide bonds. The van der Waals surface area contributed by atoms with Crippen LogP contribution in [0, 0.1) is 0 Å². The van der Waals surface area contributed by atoms with E-state index in [4.69, 9.17) is 15.2 Å². The predicted octanol–water partition coefficient (Wildman–Crippen LogP) is 1.59. The Morgan fingerprint density at radius 2 is 2.21 bits per heavy atom. The van der Waals surface area contributed by atoms with E-state index in [-0.39, 0.29) is 36.6 Å². The second-order valence-electron chi connectivity index (χ2n) is 3.67. The molecule has 19 heavy (non-hydrogen) atoms. The van der Waals surface area contributed by atoms with Gasteiger partial charge in [-0.3, -0.25) is 4.79 Å².